The predicted molar refractivity (Wildman–Crippen MR) is 102 cm³/mol. The summed E-state index contributed by atoms with van der Waals surface area (Å²) in [5.74, 6) is 0.0111. The molecule has 1 amide bonds. The standard InChI is InChI=1S/C19H27N5O2/c1-22-10-7-16(14-22)23(2)11-8-18(25)20-9-12-24-19(26)17-6-4-3-5-15(17)13-21-24/h3-6,13,16H,7-12,14H2,1-2H3,(H,20,25)/t16-/m0/s1. The third-order valence-corrected chi connectivity index (χ3v) is 5.09. The predicted octanol–water partition coefficient (Wildman–Crippen LogP) is 0.539. The van der Waals surface area contributed by atoms with E-state index in [0.717, 1.165) is 31.4 Å². The lowest BCUT2D eigenvalue weighted by Crippen LogP contribution is -2.37. The molecular weight excluding hydrogens is 330 g/mol. The van der Waals surface area contributed by atoms with E-state index in [1.54, 1.807) is 12.3 Å². The first-order valence-electron chi connectivity index (χ1n) is 9.15. The van der Waals surface area contributed by atoms with E-state index in [0.29, 0.717) is 30.9 Å². The number of carbonyl (C=O) groups excluding carboxylic acids is 1. The maximum atomic E-state index is 12.4. The lowest BCUT2D eigenvalue weighted by molar-refractivity contribution is -0.121. The summed E-state index contributed by atoms with van der Waals surface area (Å²) in [4.78, 5) is 29.0. The summed E-state index contributed by atoms with van der Waals surface area (Å²) in [5.41, 5.74) is -0.123. The van der Waals surface area contributed by atoms with E-state index >= 15 is 0 Å². The first-order valence-corrected chi connectivity index (χ1v) is 9.15. The largest absolute Gasteiger partial charge is 0.354 e. The number of rotatable bonds is 7. The number of nitrogens with one attached hydrogen (secondary N) is 1. The van der Waals surface area contributed by atoms with E-state index in [1.807, 2.05) is 18.2 Å². The van der Waals surface area contributed by atoms with Gasteiger partial charge in [-0.05, 0) is 33.1 Å². The number of aromatic nitrogens is 2. The van der Waals surface area contributed by atoms with Crippen molar-refractivity contribution in [3.05, 3.63) is 40.8 Å². The molecule has 1 aromatic carbocycles. The van der Waals surface area contributed by atoms with Crippen LogP contribution in [0.5, 0.6) is 0 Å². The van der Waals surface area contributed by atoms with Crippen molar-refractivity contribution < 1.29 is 4.79 Å². The highest BCUT2D eigenvalue weighted by Crippen LogP contribution is 2.12. The minimum absolute atomic E-state index is 0.0111. The first-order chi connectivity index (χ1) is 12.5. The van der Waals surface area contributed by atoms with Crippen molar-refractivity contribution in [2.75, 3.05) is 40.3 Å². The fourth-order valence-electron chi connectivity index (χ4n) is 3.41. The molecule has 0 saturated carbocycles. The number of carbonyl (C=O) groups is 1. The Morgan fingerprint density at radius 3 is 2.96 bits per heavy atom. The van der Waals surface area contributed by atoms with Crippen molar-refractivity contribution >= 4 is 16.7 Å². The molecule has 1 N–H and O–H groups in total. The summed E-state index contributed by atoms with van der Waals surface area (Å²) < 4.78 is 1.41. The van der Waals surface area contributed by atoms with Gasteiger partial charge in [0.2, 0.25) is 5.91 Å². The third kappa shape index (κ3) is 4.47. The first kappa shape index (κ1) is 18.5. The van der Waals surface area contributed by atoms with Crippen LogP contribution in [0.4, 0.5) is 0 Å². The average molecular weight is 357 g/mol. The topological polar surface area (TPSA) is 70.5 Å². The number of benzene rings is 1. The van der Waals surface area contributed by atoms with E-state index < -0.39 is 0 Å². The average Bonchev–Trinajstić information content (AvgIpc) is 3.08. The van der Waals surface area contributed by atoms with Crippen LogP contribution in [0.2, 0.25) is 0 Å². The molecule has 1 aliphatic rings. The minimum Gasteiger partial charge on any atom is -0.354 e. The Hall–Kier alpha value is -2.25. The van der Waals surface area contributed by atoms with Gasteiger partial charge in [-0.3, -0.25) is 9.59 Å². The summed E-state index contributed by atoms with van der Waals surface area (Å²) in [6.07, 6.45) is 3.31. The quantitative estimate of drug-likeness (QED) is 0.783. The fourth-order valence-corrected chi connectivity index (χ4v) is 3.41. The van der Waals surface area contributed by atoms with Crippen LogP contribution in [0.25, 0.3) is 10.8 Å². The lowest BCUT2D eigenvalue weighted by Gasteiger charge is -2.23. The molecule has 2 heterocycles. The van der Waals surface area contributed by atoms with Gasteiger partial charge in [0.05, 0.1) is 18.1 Å². The minimum atomic E-state index is -0.123. The van der Waals surface area contributed by atoms with Crippen molar-refractivity contribution in [2.45, 2.75) is 25.4 Å². The van der Waals surface area contributed by atoms with Crippen LogP contribution >= 0.6 is 0 Å². The molecule has 1 saturated heterocycles. The second-order valence-electron chi connectivity index (χ2n) is 7.05. The summed E-state index contributed by atoms with van der Waals surface area (Å²) in [6, 6.07) is 7.93. The van der Waals surface area contributed by atoms with E-state index in [-0.39, 0.29) is 11.5 Å². The van der Waals surface area contributed by atoms with Gasteiger partial charge in [-0.1, -0.05) is 18.2 Å². The second kappa shape index (κ2) is 8.42. The van der Waals surface area contributed by atoms with Crippen molar-refractivity contribution in [3.63, 3.8) is 0 Å². The van der Waals surface area contributed by atoms with Crippen LogP contribution < -0.4 is 10.9 Å². The molecule has 3 rings (SSSR count). The summed E-state index contributed by atoms with van der Waals surface area (Å²) in [7, 11) is 4.21. The maximum absolute atomic E-state index is 12.4. The maximum Gasteiger partial charge on any atom is 0.274 e. The summed E-state index contributed by atoms with van der Waals surface area (Å²) >= 11 is 0. The van der Waals surface area contributed by atoms with Crippen molar-refractivity contribution in [1.29, 1.82) is 0 Å². The van der Waals surface area contributed by atoms with Crippen LogP contribution in [0.3, 0.4) is 0 Å². The SMILES string of the molecule is CN1CC[C@H](N(C)CCC(=O)NCCn2ncc3ccccc3c2=O)C1. The number of hydrogen-bond acceptors (Lipinski definition) is 5. The zero-order valence-corrected chi connectivity index (χ0v) is 15.5. The number of fused-ring (bicyclic) bond motifs is 1. The molecule has 0 aliphatic carbocycles. The van der Waals surface area contributed by atoms with Gasteiger partial charge >= 0.3 is 0 Å². The molecule has 140 valence electrons. The monoisotopic (exact) mass is 357 g/mol. The van der Waals surface area contributed by atoms with Gasteiger partial charge in [0.25, 0.3) is 5.56 Å². The Labute approximate surface area is 153 Å². The Bertz CT molecular complexity index is 819. The molecule has 1 aliphatic heterocycles. The van der Waals surface area contributed by atoms with Gasteiger partial charge in [0.1, 0.15) is 0 Å². The van der Waals surface area contributed by atoms with Gasteiger partial charge in [-0.15, -0.1) is 0 Å². The van der Waals surface area contributed by atoms with Crippen molar-refractivity contribution in [2.24, 2.45) is 0 Å². The molecule has 1 fully saturated rings. The number of nitrogens with zero attached hydrogens (tertiary/aromatic N) is 4. The number of likely N-dealkylation sites (N-methyl/N-ethyl adjacent to an activating group) is 2. The number of hydrogen-bond donors (Lipinski definition) is 1. The molecule has 7 heteroatoms. The normalized spacial score (nSPS) is 17.9. The lowest BCUT2D eigenvalue weighted by atomic mass is 10.2. The number of likely N-dealkylation sites (tertiary alicyclic amines) is 1. The zero-order chi connectivity index (χ0) is 18.5. The van der Waals surface area contributed by atoms with Crippen molar-refractivity contribution in [1.82, 2.24) is 24.9 Å². The van der Waals surface area contributed by atoms with Crippen LogP contribution in [-0.4, -0.2) is 71.8 Å². The van der Waals surface area contributed by atoms with Crippen molar-refractivity contribution in [3.8, 4) is 0 Å². The van der Waals surface area contributed by atoms with Gasteiger partial charge in [0, 0.05) is 37.5 Å². The highest BCUT2D eigenvalue weighted by Gasteiger charge is 2.23. The smallest absolute Gasteiger partial charge is 0.274 e. The third-order valence-electron chi connectivity index (χ3n) is 5.09. The molecule has 2 aromatic rings. The Morgan fingerprint density at radius 2 is 2.19 bits per heavy atom. The van der Waals surface area contributed by atoms with Gasteiger partial charge in [-0.2, -0.15) is 5.10 Å². The molecule has 1 atom stereocenters. The van der Waals surface area contributed by atoms with E-state index in [9.17, 15) is 9.59 Å². The molecule has 7 nitrogen and oxygen atoms in total. The van der Waals surface area contributed by atoms with Crippen LogP contribution in [0.15, 0.2) is 35.3 Å². The highest BCUT2D eigenvalue weighted by atomic mass is 16.1. The van der Waals surface area contributed by atoms with Crippen LogP contribution in [-0.2, 0) is 11.3 Å². The molecule has 26 heavy (non-hydrogen) atoms. The van der Waals surface area contributed by atoms with E-state index in [4.69, 9.17) is 0 Å². The van der Waals surface area contributed by atoms with Crippen LogP contribution in [0, 0.1) is 0 Å². The van der Waals surface area contributed by atoms with Crippen LogP contribution in [0.1, 0.15) is 12.8 Å². The second-order valence-corrected chi connectivity index (χ2v) is 7.05. The molecular formula is C19H27N5O2. The number of amides is 1. The van der Waals surface area contributed by atoms with Gasteiger partial charge in [0.15, 0.2) is 0 Å². The zero-order valence-electron chi connectivity index (χ0n) is 15.5. The molecule has 0 bridgehead atoms. The Balaban J connectivity index is 1.44. The van der Waals surface area contributed by atoms with E-state index in [1.165, 1.54) is 4.68 Å². The molecule has 0 spiro atoms. The molecule has 0 unspecified atom stereocenters. The van der Waals surface area contributed by atoms with Gasteiger partial charge < -0.3 is 15.1 Å². The molecule has 0 radical (unpaired) electrons. The fraction of sp³-hybridized carbons (Fsp3) is 0.526. The highest BCUT2D eigenvalue weighted by molar-refractivity contribution is 5.80. The Morgan fingerprint density at radius 1 is 1.38 bits per heavy atom. The summed E-state index contributed by atoms with van der Waals surface area (Å²) in [6.45, 7) is 3.71. The summed E-state index contributed by atoms with van der Waals surface area (Å²) in [5, 5.41) is 8.54. The Kier molecular flexibility index (Phi) is 6.00. The van der Waals surface area contributed by atoms with E-state index in [2.05, 4.69) is 34.3 Å². The van der Waals surface area contributed by atoms with Gasteiger partial charge in [-0.25, -0.2) is 4.68 Å². The molecule has 1 aromatic heterocycles.